The van der Waals surface area contributed by atoms with Gasteiger partial charge in [-0.2, -0.15) is 0 Å². The van der Waals surface area contributed by atoms with Crippen LogP contribution in [0, 0.1) is 17.8 Å². The first-order valence-electron chi connectivity index (χ1n) is 6.12. The number of nitrogens with one attached hydrogen (secondary N) is 1. The van der Waals surface area contributed by atoms with Crippen LogP contribution in [0.1, 0.15) is 39.0 Å². The third kappa shape index (κ3) is 2.36. The summed E-state index contributed by atoms with van der Waals surface area (Å²) in [7, 11) is 0. The third-order valence-electron chi connectivity index (χ3n) is 3.92. The number of hydrogen-bond donors (Lipinski definition) is 2. The zero-order valence-electron chi connectivity index (χ0n) is 9.61. The Morgan fingerprint density at radius 1 is 1.25 bits per heavy atom. The lowest BCUT2D eigenvalue weighted by Crippen LogP contribution is -2.38. The van der Waals surface area contributed by atoms with Gasteiger partial charge in [0.2, 0.25) is 5.91 Å². The maximum Gasteiger partial charge on any atom is 0.307 e. The molecule has 0 unspecified atom stereocenters. The van der Waals surface area contributed by atoms with Gasteiger partial charge in [0.25, 0.3) is 0 Å². The topological polar surface area (TPSA) is 66.4 Å². The molecule has 0 aliphatic heterocycles. The van der Waals surface area contributed by atoms with Crippen LogP contribution < -0.4 is 5.32 Å². The van der Waals surface area contributed by atoms with Crippen molar-refractivity contribution in [2.75, 3.05) is 0 Å². The number of rotatable bonds is 4. The highest BCUT2D eigenvalue weighted by molar-refractivity contribution is 5.89. The second-order valence-corrected chi connectivity index (χ2v) is 5.13. The molecule has 3 atom stereocenters. The molecular formula is C12H19NO3. The lowest BCUT2D eigenvalue weighted by molar-refractivity contribution is -0.140. The van der Waals surface area contributed by atoms with Crippen molar-refractivity contribution in [1.82, 2.24) is 5.32 Å². The van der Waals surface area contributed by atoms with E-state index in [4.69, 9.17) is 5.11 Å². The summed E-state index contributed by atoms with van der Waals surface area (Å²) in [5.41, 5.74) is 0. The lowest BCUT2D eigenvalue weighted by atomic mass is 9.99. The summed E-state index contributed by atoms with van der Waals surface area (Å²) in [6.45, 7) is 2.03. The van der Waals surface area contributed by atoms with Crippen LogP contribution in [0.5, 0.6) is 0 Å². The highest BCUT2D eigenvalue weighted by Gasteiger charge is 2.48. The van der Waals surface area contributed by atoms with Crippen LogP contribution in [0.15, 0.2) is 0 Å². The molecule has 90 valence electrons. The summed E-state index contributed by atoms with van der Waals surface area (Å²) < 4.78 is 0. The minimum absolute atomic E-state index is 0.0631. The van der Waals surface area contributed by atoms with Gasteiger partial charge in [-0.3, -0.25) is 9.59 Å². The van der Waals surface area contributed by atoms with E-state index in [1.54, 1.807) is 0 Å². The minimum Gasteiger partial charge on any atom is -0.481 e. The number of carboxylic acid groups (broad SMARTS) is 1. The largest absolute Gasteiger partial charge is 0.481 e. The standard InChI is InChI=1S/C12H19NO3/c1-7(8-4-2-3-5-8)13-11(14)9-6-10(9)12(15)16/h7-10H,2-6H2,1H3,(H,13,14)(H,15,16)/t7-,9-,10+/m1/s1. The Hall–Kier alpha value is -1.06. The summed E-state index contributed by atoms with van der Waals surface area (Å²) in [6, 6.07) is 0.199. The van der Waals surface area contributed by atoms with Crippen molar-refractivity contribution >= 4 is 11.9 Å². The van der Waals surface area contributed by atoms with E-state index in [-0.39, 0.29) is 17.9 Å². The zero-order valence-corrected chi connectivity index (χ0v) is 9.61. The van der Waals surface area contributed by atoms with Gasteiger partial charge in [-0.1, -0.05) is 12.8 Å². The van der Waals surface area contributed by atoms with E-state index in [0.29, 0.717) is 12.3 Å². The maximum absolute atomic E-state index is 11.7. The Morgan fingerprint density at radius 3 is 2.38 bits per heavy atom. The summed E-state index contributed by atoms with van der Waals surface area (Å²) in [6.07, 6.45) is 5.40. The predicted octanol–water partition coefficient (Wildman–Crippen LogP) is 1.40. The van der Waals surface area contributed by atoms with Crippen molar-refractivity contribution in [3.63, 3.8) is 0 Å². The molecule has 2 saturated carbocycles. The number of amides is 1. The molecule has 0 aromatic heterocycles. The van der Waals surface area contributed by atoms with Gasteiger partial charge in [-0.05, 0) is 32.1 Å². The zero-order chi connectivity index (χ0) is 11.7. The summed E-state index contributed by atoms with van der Waals surface area (Å²) in [5.74, 6) is -1.02. The van der Waals surface area contributed by atoms with Gasteiger partial charge in [0.1, 0.15) is 0 Å². The van der Waals surface area contributed by atoms with E-state index in [2.05, 4.69) is 5.32 Å². The van der Waals surface area contributed by atoms with E-state index in [1.165, 1.54) is 25.7 Å². The Balaban J connectivity index is 1.77. The quantitative estimate of drug-likeness (QED) is 0.760. The highest BCUT2D eigenvalue weighted by Crippen LogP contribution is 2.39. The van der Waals surface area contributed by atoms with E-state index < -0.39 is 11.9 Å². The first-order chi connectivity index (χ1) is 7.59. The molecule has 0 saturated heterocycles. The normalized spacial score (nSPS) is 31.1. The van der Waals surface area contributed by atoms with Crippen LogP contribution in [-0.4, -0.2) is 23.0 Å². The summed E-state index contributed by atoms with van der Waals surface area (Å²) in [4.78, 5) is 22.4. The van der Waals surface area contributed by atoms with Crippen molar-refractivity contribution in [3.05, 3.63) is 0 Å². The van der Waals surface area contributed by atoms with Crippen LogP contribution in [-0.2, 0) is 9.59 Å². The van der Waals surface area contributed by atoms with E-state index in [1.807, 2.05) is 6.92 Å². The molecular weight excluding hydrogens is 206 g/mol. The van der Waals surface area contributed by atoms with Crippen LogP contribution in [0.4, 0.5) is 0 Å². The molecule has 2 fully saturated rings. The smallest absolute Gasteiger partial charge is 0.307 e. The van der Waals surface area contributed by atoms with E-state index in [0.717, 1.165) is 0 Å². The lowest BCUT2D eigenvalue weighted by Gasteiger charge is -2.20. The van der Waals surface area contributed by atoms with Gasteiger partial charge in [0.05, 0.1) is 11.8 Å². The molecule has 4 nitrogen and oxygen atoms in total. The number of carbonyl (C=O) groups excluding carboxylic acids is 1. The number of carbonyl (C=O) groups is 2. The highest BCUT2D eigenvalue weighted by atomic mass is 16.4. The van der Waals surface area contributed by atoms with Crippen molar-refractivity contribution in [2.24, 2.45) is 17.8 Å². The fourth-order valence-electron chi connectivity index (χ4n) is 2.66. The Labute approximate surface area is 95.4 Å². The molecule has 2 aliphatic rings. The molecule has 1 amide bonds. The summed E-state index contributed by atoms with van der Waals surface area (Å²) >= 11 is 0. The first kappa shape index (κ1) is 11.4. The van der Waals surface area contributed by atoms with Gasteiger partial charge in [0, 0.05) is 6.04 Å². The Kier molecular flexibility index (Phi) is 3.17. The van der Waals surface area contributed by atoms with Crippen molar-refractivity contribution in [1.29, 1.82) is 0 Å². The van der Waals surface area contributed by atoms with E-state index >= 15 is 0 Å². The summed E-state index contributed by atoms with van der Waals surface area (Å²) in [5, 5.41) is 11.7. The molecule has 4 heteroatoms. The van der Waals surface area contributed by atoms with Gasteiger partial charge >= 0.3 is 5.97 Å². The Morgan fingerprint density at radius 2 is 1.88 bits per heavy atom. The molecule has 0 bridgehead atoms. The molecule has 0 heterocycles. The molecule has 16 heavy (non-hydrogen) atoms. The SMILES string of the molecule is C[C@@H](NC(=O)[C@@H]1C[C@@H]1C(=O)O)C1CCCC1. The molecule has 0 spiro atoms. The Bertz CT molecular complexity index is 297. The average molecular weight is 225 g/mol. The van der Waals surface area contributed by atoms with Gasteiger partial charge in [-0.15, -0.1) is 0 Å². The number of carboxylic acids is 1. The minimum atomic E-state index is -0.839. The van der Waals surface area contributed by atoms with Crippen molar-refractivity contribution < 1.29 is 14.7 Å². The van der Waals surface area contributed by atoms with Crippen molar-refractivity contribution in [3.8, 4) is 0 Å². The van der Waals surface area contributed by atoms with Gasteiger partial charge in [-0.25, -0.2) is 0 Å². The van der Waals surface area contributed by atoms with Gasteiger partial charge in [0.15, 0.2) is 0 Å². The second-order valence-electron chi connectivity index (χ2n) is 5.13. The van der Waals surface area contributed by atoms with Crippen LogP contribution in [0.3, 0.4) is 0 Å². The predicted molar refractivity (Wildman–Crippen MR) is 58.8 cm³/mol. The maximum atomic E-state index is 11.7. The first-order valence-corrected chi connectivity index (χ1v) is 6.12. The fraction of sp³-hybridized carbons (Fsp3) is 0.833. The van der Waals surface area contributed by atoms with E-state index in [9.17, 15) is 9.59 Å². The van der Waals surface area contributed by atoms with Crippen LogP contribution in [0.25, 0.3) is 0 Å². The molecule has 0 radical (unpaired) electrons. The van der Waals surface area contributed by atoms with Crippen molar-refractivity contribution in [2.45, 2.75) is 45.1 Å². The fourth-order valence-corrected chi connectivity index (χ4v) is 2.66. The monoisotopic (exact) mass is 225 g/mol. The molecule has 0 aromatic rings. The van der Waals surface area contributed by atoms with Gasteiger partial charge < -0.3 is 10.4 Å². The third-order valence-corrected chi connectivity index (χ3v) is 3.92. The average Bonchev–Trinajstić information content (AvgIpc) is 2.85. The second kappa shape index (κ2) is 4.44. The van der Waals surface area contributed by atoms with Crippen LogP contribution >= 0.6 is 0 Å². The molecule has 2 aliphatic carbocycles. The van der Waals surface area contributed by atoms with Crippen LogP contribution in [0.2, 0.25) is 0 Å². The molecule has 2 N–H and O–H groups in total. The molecule has 2 rings (SSSR count). The number of hydrogen-bond acceptors (Lipinski definition) is 2. The molecule has 0 aromatic carbocycles. The number of aliphatic carboxylic acids is 1.